The first-order chi connectivity index (χ1) is 10.4. The predicted octanol–water partition coefficient (Wildman–Crippen LogP) is 3.88. The van der Waals surface area contributed by atoms with Crippen LogP contribution in [0.4, 0.5) is 0 Å². The number of nitrogens with zero attached hydrogens (tertiary/aromatic N) is 1. The molecule has 0 fully saturated rings. The topological polar surface area (TPSA) is 17.0 Å². The number of thioether (sulfide) groups is 1. The molecule has 0 unspecified atom stereocenters. The van der Waals surface area contributed by atoms with Crippen molar-refractivity contribution in [1.82, 2.24) is 9.88 Å². The third kappa shape index (κ3) is 1.59. The lowest BCUT2D eigenvalue weighted by Gasteiger charge is -2.18. The molecule has 1 N–H and O–H groups in total. The summed E-state index contributed by atoms with van der Waals surface area (Å²) in [6, 6.07) is 15.6. The maximum Gasteiger partial charge on any atom is 0.0670 e. The Kier molecular flexibility index (Phi) is 2.49. The van der Waals surface area contributed by atoms with E-state index in [1.807, 2.05) is 11.8 Å². The molecule has 2 aromatic carbocycles. The molecule has 0 aliphatic carbocycles. The molecule has 104 valence electrons. The number of hydrogen-bond donors (Lipinski definition) is 1. The molecule has 2 aliphatic rings. The van der Waals surface area contributed by atoms with E-state index in [9.17, 15) is 0 Å². The minimum atomic E-state index is 0.995. The molecule has 0 saturated carbocycles. The Morgan fingerprint density at radius 1 is 1.05 bits per heavy atom. The molecule has 3 heterocycles. The van der Waals surface area contributed by atoms with E-state index in [0.717, 1.165) is 25.3 Å². The van der Waals surface area contributed by atoms with Gasteiger partial charge in [0.1, 0.15) is 0 Å². The summed E-state index contributed by atoms with van der Waals surface area (Å²) >= 11 is 1.97. The van der Waals surface area contributed by atoms with Crippen LogP contribution in [0.15, 0.2) is 47.4 Å². The lowest BCUT2D eigenvalue weighted by atomic mass is 10.1. The Bertz CT molecular complexity index is 863. The number of rotatable bonds is 0. The van der Waals surface area contributed by atoms with Crippen molar-refractivity contribution in [3.63, 3.8) is 0 Å². The highest BCUT2D eigenvalue weighted by molar-refractivity contribution is 7.98. The van der Waals surface area contributed by atoms with Gasteiger partial charge in [-0.3, -0.25) is 0 Å². The van der Waals surface area contributed by atoms with Gasteiger partial charge in [0.15, 0.2) is 0 Å². The van der Waals surface area contributed by atoms with E-state index in [0.29, 0.717) is 0 Å². The Morgan fingerprint density at radius 3 is 3.00 bits per heavy atom. The van der Waals surface area contributed by atoms with E-state index in [-0.39, 0.29) is 0 Å². The van der Waals surface area contributed by atoms with Crippen LogP contribution in [0.3, 0.4) is 0 Å². The van der Waals surface area contributed by atoms with E-state index >= 15 is 0 Å². The van der Waals surface area contributed by atoms with Crippen molar-refractivity contribution < 1.29 is 0 Å². The van der Waals surface area contributed by atoms with Gasteiger partial charge in [0, 0.05) is 46.9 Å². The van der Waals surface area contributed by atoms with Gasteiger partial charge in [0.25, 0.3) is 0 Å². The Hall–Kier alpha value is -1.71. The van der Waals surface area contributed by atoms with Crippen LogP contribution < -0.4 is 5.32 Å². The summed E-state index contributed by atoms with van der Waals surface area (Å²) in [7, 11) is 0. The smallest absolute Gasteiger partial charge is 0.0670 e. The van der Waals surface area contributed by atoms with Crippen LogP contribution in [0.2, 0.25) is 0 Å². The highest BCUT2D eigenvalue weighted by Gasteiger charge is 2.25. The highest BCUT2D eigenvalue weighted by Crippen LogP contribution is 2.41. The standard InChI is InChI=1S/C18H16N2S/c1-2-6-15-12(4-1)11-21-17-7-3-5-13-14-10-19-9-8-16(14)20(15)18(13)17/h1-7,19H,8-11H2. The molecule has 0 radical (unpaired) electrons. The van der Waals surface area contributed by atoms with Crippen LogP contribution in [0.25, 0.3) is 16.6 Å². The molecular formula is C18H16N2S. The van der Waals surface area contributed by atoms with E-state index in [2.05, 4.69) is 52.3 Å². The third-order valence-corrected chi connectivity index (χ3v) is 5.72. The van der Waals surface area contributed by atoms with Crippen molar-refractivity contribution in [1.29, 1.82) is 0 Å². The van der Waals surface area contributed by atoms with Crippen LogP contribution in [-0.2, 0) is 18.7 Å². The second-order valence-electron chi connectivity index (χ2n) is 5.76. The normalized spacial score (nSPS) is 16.4. The number of fused-ring (bicyclic) bond motifs is 5. The number of hydrogen-bond acceptors (Lipinski definition) is 2. The van der Waals surface area contributed by atoms with Gasteiger partial charge in [-0.1, -0.05) is 30.3 Å². The van der Waals surface area contributed by atoms with Crippen molar-refractivity contribution in [2.75, 3.05) is 6.54 Å². The third-order valence-electron chi connectivity index (χ3n) is 4.62. The van der Waals surface area contributed by atoms with E-state index < -0.39 is 0 Å². The van der Waals surface area contributed by atoms with Gasteiger partial charge >= 0.3 is 0 Å². The Labute approximate surface area is 128 Å². The number of benzene rings is 2. The minimum absolute atomic E-state index is 0.995. The number of nitrogens with one attached hydrogen (secondary N) is 1. The van der Waals surface area contributed by atoms with E-state index in [1.54, 1.807) is 0 Å². The van der Waals surface area contributed by atoms with Crippen LogP contribution in [0.1, 0.15) is 16.8 Å². The maximum absolute atomic E-state index is 3.53. The first-order valence-corrected chi connectivity index (χ1v) is 8.49. The monoisotopic (exact) mass is 292 g/mol. The summed E-state index contributed by atoms with van der Waals surface area (Å²) < 4.78 is 2.54. The molecule has 0 saturated heterocycles. The molecule has 0 bridgehead atoms. The quantitative estimate of drug-likeness (QED) is 0.677. The van der Waals surface area contributed by atoms with Crippen molar-refractivity contribution in [2.24, 2.45) is 0 Å². The van der Waals surface area contributed by atoms with Gasteiger partial charge in [0.2, 0.25) is 0 Å². The fourth-order valence-electron chi connectivity index (χ4n) is 3.69. The summed E-state index contributed by atoms with van der Waals surface area (Å²) in [6.45, 7) is 2.07. The largest absolute Gasteiger partial charge is 0.312 e. The van der Waals surface area contributed by atoms with Crippen LogP contribution in [0, 0.1) is 0 Å². The molecule has 21 heavy (non-hydrogen) atoms. The fraction of sp³-hybridized carbons (Fsp3) is 0.222. The second kappa shape index (κ2) is 4.39. The van der Waals surface area contributed by atoms with Crippen LogP contribution >= 0.6 is 11.8 Å². The Morgan fingerprint density at radius 2 is 2.00 bits per heavy atom. The SMILES string of the molecule is c1ccc2c(c1)CSc1cccc3c4c(n-2c13)CCNC4. The summed E-state index contributed by atoms with van der Waals surface area (Å²) in [4.78, 5) is 1.41. The first-order valence-electron chi connectivity index (χ1n) is 7.50. The molecule has 3 aromatic rings. The average Bonchev–Trinajstić information content (AvgIpc) is 2.78. The lowest BCUT2D eigenvalue weighted by molar-refractivity contribution is 0.631. The minimum Gasteiger partial charge on any atom is -0.312 e. The summed E-state index contributed by atoms with van der Waals surface area (Å²) in [5, 5.41) is 4.96. The summed E-state index contributed by atoms with van der Waals surface area (Å²) in [6.07, 6.45) is 1.11. The van der Waals surface area contributed by atoms with Gasteiger partial charge in [-0.05, 0) is 23.3 Å². The first kappa shape index (κ1) is 11.9. The van der Waals surface area contributed by atoms with Crippen molar-refractivity contribution >= 4 is 22.7 Å². The second-order valence-corrected chi connectivity index (χ2v) is 6.77. The molecule has 1 aromatic heterocycles. The van der Waals surface area contributed by atoms with Crippen LogP contribution in [-0.4, -0.2) is 11.1 Å². The number of para-hydroxylation sites is 2. The highest BCUT2D eigenvalue weighted by atomic mass is 32.2. The predicted molar refractivity (Wildman–Crippen MR) is 88.2 cm³/mol. The molecule has 0 atom stereocenters. The van der Waals surface area contributed by atoms with Crippen molar-refractivity contribution in [3.8, 4) is 5.69 Å². The molecule has 0 amide bonds. The summed E-state index contributed by atoms with van der Waals surface area (Å²) in [5.41, 5.74) is 7.24. The van der Waals surface area contributed by atoms with Crippen molar-refractivity contribution in [2.45, 2.75) is 23.6 Å². The molecule has 2 nitrogen and oxygen atoms in total. The van der Waals surface area contributed by atoms with Gasteiger partial charge in [0.05, 0.1) is 5.52 Å². The van der Waals surface area contributed by atoms with Gasteiger partial charge in [-0.15, -0.1) is 11.8 Å². The zero-order valence-corrected chi connectivity index (χ0v) is 12.5. The lowest BCUT2D eigenvalue weighted by Crippen LogP contribution is -2.24. The van der Waals surface area contributed by atoms with Crippen LogP contribution in [0.5, 0.6) is 0 Å². The summed E-state index contributed by atoms with van der Waals surface area (Å²) in [5.74, 6) is 1.06. The number of aromatic nitrogens is 1. The fourth-order valence-corrected chi connectivity index (χ4v) is 4.76. The molecule has 5 rings (SSSR count). The zero-order valence-electron chi connectivity index (χ0n) is 11.7. The molecular weight excluding hydrogens is 276 g/mol. The maximum atomic E-state index is 3.53. The molecule has 2 aliphatic heterocycles. The van der Waals surface area contributed by atoms with Gasteiger partial charge in [-0.2, -0.15) is 0 Å². The zero-order chi connectivity index (χ0) is 13.8. The van der Waals surface area contributed by atoms with Crippen molar-refractivity contribution in [3.05, 3.63) is 59.3 Å². The van der Waals surface area contributed by atoms with Gasteiger partial charge in [-0.25, -0.2) is 0 Å². The van der Waals surface area contributed by atoms with Gasteiger partial charge < -0.3 is 9.88 Å². The molecule has 3 heteroatoms. The van der Waals surface area contributed by atoms with E-state index in [4.69, 9.17) is 0 Å². The van der Waals surface area contributed by atoms with E-state index in [1.165, 1.54) is 38.3 Å². The average molecular weight is 292 g/mol. The Balaban J connectivity index is 1.98. The molecule has 0 spiro atoms.